The van der Waals surface area contributed by atoms with Crippen LogP contribution >= 0.6 is 11.6 Å². The maximum Gasteiger partial charge on any atom is 0.407 e. The van der Waals surface area contributed by atoms with Crippen LogP contribution in [0.2, 0.25) is 5.02 Å². The zero-order chi connectivity index (χ0) is 18.5. The minimum atomic E-state index is -0.552. The fourth-order valence-electron chi connectivity index (χ4n) is 2.50. The molecule has 24 heavy (non-hydrogen) atoms. The normalized spacial score (nSPS) is 14.4. The summed E-state index contributed by atoms with van der Waals surface area (Å²) in [5.41, 5.74) is 1.01. The van der Waals surface area contributed by atoms with Gasteiger partial charge in [-0.3, -0.25) is 0 Å². The number of rotatable bonds is 6. The summed E-state index contributed by atoms with van der Waals surface area (Å²) in [7, 11) is 0. The molecule has 1 amide bonds. The van der Waals surface area contributed by atoms with Crippen LogP contribution in [0.15, 0.2) is 18.2 Å². The van der Waals surface area contributed by atoms with Gasteiger partial charge < -0.3 is 15.2 Å². The highest BCUT2D eigenvalue weighted by Crippen LogP contribution is 2.33. The molecule has 0 saturated heterocycles. The molecule has 0 aliphatic rings. The van der Waals surface area contributed by atoms with Crippen LogP contribution in [-0.2, 0) is 11.2 Å². The molecule has 1 aromatic rings. The summed E-state index contributed by atoms with van der Waals surface area (Å²) in [5.74, 6) is 0.148. The Balaban J connectivity index is 2.92. The van der Waals surface area contributed by atoms with Crippen molar-refractivity contribution in [2.45, 2.75) is 53.6 Å². The van der Waals surface area contributed by atoms with Crippen molar-refractivity contribution in [3.05, 3.63) is 34.3 Å². The van der Waals surface area contributed by atoms with Crippen molar-refractivity contribution in [2.24, 2.45) is 11.3 Å². The molecular weight excluding hydrogens is 326 g/mol. The SMILES string of the molecule is Cc1ccc(CC(CO)(CNC(=O)OC(C)(C)C)C(C)C)c(Cl)c1. The number of hydrogen-bond donors (Lipinski definition) is 2. The molecule has 0 aliphatic heterocycles. The Hall–Kier alpha value is -1.26. The number of carbonyl (C=O) groups is 1. The maximum absolute atomic E-state index is 12.0. The highest BCUT2D eigenvalue weighted by Gasteiger charge is 2.35. The largest absolute Gasteiger partial charge is 0.444 e. The minimum absolute atomic E-state index is 0.0509. The molecule has 0 radical (unpaired) electrons. The summed E-state index contributed by atoms with van der Waals surface area (Å²) >= 11 is 6.35. The van der Waals surface area contributed by atoms with Gasteiger partial charge in [-0.1, -0.05) is 37.6 Å². The zero-order valence-corrected chi connectivity index (χ0v) is 16.3. The first-order chi connectivity index (χ1) is 11.0. The number of alkyl carbamates (subject to hydrolysis) is 1. The lowest BCUT2D eigenvalue weighted by Crippen LogP contribution is -2.46. The number of amides is 1. The molecule has 0 aliphatic carbocycles. The van der Waals surface area contributed by atoms with Gasteiger partial charge in [-0.05, 0) is 57.2 Å². The van der Waals surface area contributed by atoms with E-state index in [1.54, 1.807) is 0 Å². The van der Waals surface area contributed by atoms with Crippen molar-refractivity contribution < 1.29 is 14.6 Å². The second-order valence-corrected chi connectivity index (χ2v) is 8.21. The van der Waals surface area contributed by atoms with E-state index in [-0.39, 0.29) is 12.5 Å². The average Bonchev–Trinajstić information content (AvgIpc) is 2.43. The van der Waals surface area contributed by atoms with Crippen molar-refractivity contribution in [2.75, 3.05) is 13.2 Å². The van der Waals surface area contributed by atoms with E-state index in [1.165, 1.54) is 0 Å². The van der Waals surface area contributed by atoms with Gasteiger partial charge in [0.05, 0.1) is 6.61 Å². The molecular formula is C19H30ClNO3. The van der Waals surface area contributed by atoms with Gasteiger partial charge in [0.1, 0.15) is 5.60 Å². The van der Waals surface area contributed by atoms with Crippen LogP contribution in [0.3, 0.4) is 0 Å². The van der Waals surface area contributed by atoms with E-state index < -0.39 is 17.1 Å². The number of aryl methyl sites for hydroxylation is 1. The Morgan fingerprint density at radius 3 is 2.42 bits per heavy atom. The van der Waals surface area contributed by atoms with E-state index in [9.17, 15) is 9.90 Å². The van der Waals surface area contributed by atoms with Gasteiger partial charge in [-0.15, -0.1) is 0 Å². The number of ether oxygens (including phenoxy) is 1. The molecule has 0 saturated carbocycles. The van der Waals surface area contributed by atoms with Gasteiger partial charge >= 0.3 is 6.09 Å². The number of hydrogen-bond acceptors (Lipinski definition) is 3. The summed E-state index contributed by atoms with van der Waals surface area (Å²) in [6.07, 6.45) is 0.103. The Labute approximate surface area is 150 Å². The van der Waals surface area contributed by atoms with Crippen molar-refractivity contribution in [1.29, 1.82) is 0 Å². The first kappa shape index (κ1) is 20.8. The molecule has 0 spiro atoms. The summed E-state index contributed by atoms with van der Waals surface area (Å²) < 4.78 is 5.29. The summed E-state index contributed by atoms with van der Waals surface area (Å²) in [6.45, 7) is 11.8. The zero-order valence-electron chi connectivity index (χ0n) is 15.6. The van der Waals surface area contributed by atoms with Crippen LogP contribution in [0.1, 0.15) is 45.7 Å². The van der Waals surface area contributed by atoms with E-state index in [0.29, 0.717) is 18.0 Å². The van der Waals surface area contributed by atoms with Crippen LogP contribution in [0, 0.1) is 18.3 Å². The molecule has 1 aromatic carbocycles. The Morgan fingerprint density at radius 2 is 1.96 bits per heavy atom. The Kier molecular flexibility index (Phi) is 7.11. The second kappa shape index (κ2) is 8.21. The third kappa shape index (κ3) is 5.99. The molecule has 1 rings (SSSR count). The fraction of sp³-hybridized carbons (Fsp3) is 0.632. The van der Waals surface area contributed by atoms with Gasteiger partial charge in [-0.25, -0.2) is 4.79 Å². The smallest absolute Gasteiger partial charge is 0.407 e. The third-order valence-corrected chi connectivity index (χ3v) is 4.63. The quantitative estimate of drug-likeness (QED) is 0.797. The highest BCUT2D eigenvalue weighted by molar-refractivity contribution is 6.31. The molecule has 0 aromatic heterocycles. The van der Waals surface area contributed by atoms with E-state index in [1.807, 2.05) is 59.7 Å². The van der Waals surface area contributed by atoms with Crippen LogP contribution in [0.5, 0.6) is 0 Å². The predicted octanol–water partition coefficient (Wildman–Crippen LogP) is 4.35. The fourth-order valence-corrected chi connectivity index (χ4v) is 2.80. The van der Waals surface area contributed by atoms with Gasteiger partial charge in [0.2, 0.25) is 0 Å². The molecule has 0 heterocycles. The molecule has 1 atom stereocenters. The number of nitrogens with one attached hydrogen (secondary N) is 1. The lowest BCUT2D eigenvalue weighted by Gasteiger charge is -2.36. The standard InChI is InChI=1S/C19H30ClNO3/c1-13(2)19(12-22,11-21-17(23)24-18(4,5)6)10-15-8-7-14(3)9-16(15)20/h7-9,13,22H,10-12H2,1-6H3,(H,21,23). The van der Waals surface area contributed by atoms with Gasteiger partial charge in [0.15, 0.2) is 0 Å². The first-order valence-electron chi connectivity index (χ1n) is 8.32. The molecule has 0 fully saturated rings. The highest BCUT2D eigenvalue weighted by atomic mass is 35.5. The molecule has 0 bridgehead atoms. The van der Waals surface area contributed by atoms with Crippen LogP contribution in [0.4, 0.5) is 4.79 Å². The van der Waals surface area contributed by atoms with E-state index >= 15 is 0 Å². The predicted molar refractivity (Wildman–Crippen MR) is 98.5 cm³/mol. The lowest BCUT2D eigenvalue weighted by atomic mass is 9.73. The van der Waals surface area contributed by atoms with Crippen molar-refractivity contribution >= 4 is 17.7 Å². The van der Waals surface area contributed by atoms with E-state index in [4.69, 9.17) is 16.3 Å². The van der Waals surface area contributed by atoms with Crippen molar-refractivity contribution in [3.63, 3.8) is 0 Å². The summed E-state index contributed by atoms with van der Waals surface area (Å²) in [4.78, 5) is 12.0. The average molecular weight is 356 g/mol. The summed E-state index contributed by atoms with van der Waals surface area (Å²) in [5, 5.41) is 13.5. The monoisotopic (exact) mass is 355 g/mol. The summed E-state index contributed by atoms with van der Waals surface area (Å²) in [6, 6.07) is 5.91. The number of carbonyl (C=O) groups excluding carboxylic acids is 1. The van der Waals surface area contributed by atoms with Crippen LogP contribution in [0.25, 0.3) is 0 Å². The van der Waals surface area contributed by atoms with Gasteiger partial charge in [-0.2, -0.15) is 0 Å². The number of benzene rings is 1. The van der Waals surface area contributed by atoms with Gasteiger partial charge in [0, 0.05) is 17.0 Å². The third-order valence-electron chi connectivity index (χ3n) is 4.27. The molecule has 4 nitrogen and oxygen atoms in total. The minimum Gasteiger partial charge on any atom is -0.444 e. The molecule has 2 N–H and O–H groups in total. The van der Waals surface area contributed by atoms with E-state index in [0.717, 1.165) is 11.1 Å². The van der Waals surface area contributed by atoms with Crippen LogP contribution < -0.4 is 5.32 Å². The van der Waals surface area contributed by atoms with Gasteiger partial charge in [0.25, 0.3) is 0 Å². The number of aliphatic hydroxyl groups is 1. The van der Waals surface area contributed by atoms with Crippen LogP contribution in [-0.4, -0.2) is 30.0 Å². The van der Waals surface area contributed by atoms with Crippen molar-refractivity contribution in [3.8, 4) is 0 Å². The second-order valence-electron chi connectivity index (χ2n) is 7.80. The van der Waals surface area contributed by atoms with E-state index in [2.05, 4.69) is 5.32 Å². The molecule has 1 unspecified atom stereocenters. The number of halogens is 1. The topological polar surface area (TPSA) is 58.6 Å². The first-order valence-corrected chi connectivity index (χ1v) is 8.69. The molecule has 5 heteroatoms. The Bertz CT molecular complexity index is 566. The Morgan fingerprint density at radius 1 is 1.33 bits per heavy atom. The van der Waals surface area contributed by atoms with Crippen molar-refractivity contribution in [1.82, 2.24) is 5.32 Å². The maximum atomic E-state index is 12.0. The molecule has 136 valence electrons. The lowest BCUT2D eigenvalue weighted by molar-refractivity contribution is 0.0394. The number of aliphatic hydroxyl groups excluding tert-OH is 1.